The molecule has 0 aliphatic carbocycles. The molecular formula is C19H19NO2. The number of amides is 1. The second kappa shape index (κ2) is 4.35. The summed E-state index contributed by atoms with van der Waals surface area (Å²) in [5.41, 5.74) is 1.08. The van der Waals surface area contributed by atoms with Crippen LogP contribution in [0, 0.1) is 5.92 Å². The Labute approximate surface area is 130 Å². The number of hydrogen-bond acceptors (Lipinski definition) is 2. The molecule has 1 atom stereocenters. The smallest absolute Gasteiger partial charge is 0.411 e. The van der Waals surface area contributed by atoms with Crippen LogP contribution in [-0.2, 0) is 10.3 Å². The van der Waals surface area contributed by atoms with Gasteiger partial charge in [-0.25, -0.2) is 4.79 Å². The molecule has 4 rings (SSSR count). The van der Waals surface area contributed by atoms with Gasteiger partial charge in [0.1, 0.15) is 5.54 Å². The topological polar surface area (TPSA) is 29.3 Å². The second-order valence-electron chi connectivity index (χ2n) is 6.45. The number of carbonyl (C=O) groups is 1. The zero-order chi connectivity index (χ0) is 15.4. The average Bonchev–Trinajstić information content (AvgIpc) is 3.26. The molecule has 2 aromatic rings. The second-order valence-corrected chi connectivity index (χ2v) is 6.45. The lowest BCUT2D eigenvalue weighted by atomic mass is 9.70. The van der Waals surface area contributed by atoms with Gasteiger partial charge in [0.2, 0.25) is 0 Å². The maximum absolute atomic E-state index is 12.4. The highest BCUT2D eigenvalue weighted by Crippen LogP contribution is 2.62. The van der Waals surface area contributed by atoms with E-state index in [0.29, 0.717) is 5.92 Å². The molecule has 1 unspecified atom stereocenters. The van der Waals surface area contributed by atoms with Crippen LogP contribution in [0.25, 0.3) is 0 Å². The number of nitrogens with zero attached hydrogens (tertiary/aromatic N) is 1. The Hall–Kier alpha value is -2.29. The molecule has 2 aromatic carbocycles. The summed E-state index contributed by atoms with van der Waals surface area (Å²) in [6, 6.07) is 20.3. The molecule has 0 spiro atoms. The molecule has 0 bridgehead atoms. The Morgan fingerprint density at radius 2 is 1.45 bits per heavy atom. The lowest BCUT2D eigenvalue weighted by Crippen LogP contribution is -2.47. The van der Waals surface area contributed by atoms with Crippen molar-refractivity contribution in [1.82, 2.24) is 4.90 Å². The van der Waals surface area contributed by atoms with Crippen LogP contribution in [0.5, 0.6) is 0 Å². The lowest BCUT2D eigenvalue weighted by molar-refractivity contribution is 0.0349. The summed E-state index contributed by atoms with van der Waals surface area (Å²) >= 11 is 0. The van der Waals surface area contributed by atoms with Gasteiger partial charge in [-0.2, -0.15) is 0 Å². The highest BCUT2D eigenvalue weighted by atomic mass is 16.6. The molecule has 2 fully saturated rings. The van der Waals surface area contributed by atoms with Crippen LogP contribution < -0.4 is 0 Å². The monoisotopic (exact) mass is 293 g/mol. The fraction of sp³-hybridized carbons (Fsp3) is 0.316. The fourth-order valence-corrected chi connectivity index (χ4v) is 4.04. The van der Waals surface area contributed by atoms with Gasteiger partial charge in [-0.15, -0.1) is 0 Å². The van der Waals surface area contributed by atoms with Gasteiger partial charge in [-0.3, -0.25) is 4.90 Å². The molecule has 1 amide bonds. The predicted octanol–water partition coefficient (Wildman–Crippen LogP) is 3.79. The Morgan fingerprint density at radius 1 is 0.955 bits per heavy atom. The molecule has 3 nitrogen and oxygen atoms in total. The minimum Gasteiger partial charge on any atom is -0.430 e. The number of hydrogen-bond donors (Lipinski definition) is 0. The zero-order valence-electron chi connectivity index (χ0n) is 12.8. The van der Waals surface area contributed by atoms with E-state index in [1.54, 1.807) is 0 Å². The minimum absolute atomic E-state index is 0.207. The third kappa shape index (κ3) is 1.43. The number of cyclic esters (lactones) is 1. The highest BCUT2D eigenvalue weighted by molar-refractivity contribution is 5.80. The van der Waals surface area contributed by atoms with Gasteiger partial charge in [0.15, 0.2) is 5.60 Å². The summed E-state index contributed by atoms with van der Waals surface area (Å²) < 4.78 is 6.03. The summed E-state index contributed by atoms with van der Waals surface area (Å²) in [4.78, 5) is 14.3. The first kappa shape index (κ1) is 13.4. The van der Waals surface area contributed by atoms with Crippen molar-refractivity contribution in [2.24, 2.45) is 5.92 Å². The number of benzene rings is 2. The number of ether oxygens (including phenoxy) is 1. The average molecular weight is 293 g/mol. The number of fused-ring (bicyclic) bond motifs is 1. The summed E-state index contributed by atoms with van der Waals surface area (Å²) in [6.07, 6.45) is -0.207. The normalized spacial score (nSPS) is 25.0. The van der Waals surface area contributed by atoms with Crippen molar-refractivity contribution in [3.63, 3.8) is 0 Å². The standard InChI is InChI=1S/C19H19NO2/c1-14(2)18-13-20(18)17(21)22-19(18,15-9-5-3-6-10-15)16-11-7-4-8-12-16/h3-12,14H,13H2,1-2H3. The van der Waals surface area contributed by atoms with Gasteiger partial charge < -0.3 is 4.74 Å². The van der Waals surface area contributed by atoms with Gasteiger partial charge in [0.05, 0.1) is 6.54 Å². The van der Waals surface area contributed by atoms with Crippen LogP contribution in [-0.4, -0.2) is 23.1 Å². The highest BCUT2D eigenvalue weighted by Gasteiger charge is 2.78. The van der Waals surface area contributed by atoms with Crippen LogP contribution in [0.2, 0.25) is 0 Å². The van der Waals surface area contributed by atoms with E-state index < -0.39 is 5.60 Å². The van der Waals surface area contributed by atoms with Crippen LogP contribution in [0.15, 0.2) is 60.7 Å². The van der Waals surface area contributed by atoms with E-state index in [0.717, 1.165) is 17.7 Å². The Kier molecular flexibility index (Phi) is 2.65. The molecule has 2 saturated heterocycles. The van der Waals surface area contributed by atoms with Crippen molar-refractivity contribution in [3.8, 4) is 0 Å². The number of carbonyl (C=O) groups excluding carboxylic acids is 1. The van der Waals surface area contributed by atoms with Crippen LogP contribution in [0.4, 0.5) is 4.79 Å². The third-order valence-corrected chi connectivity index (χ3v) is 5.16. The van der Waals surface area contributed by atoms with Gasteiger partial charge in [0, 0.05) is 11.1 Å². The van der Waals surface area contributed by atoms with E-state index in [4.69, 9.17) is 4.74 Å². The quantitative estimate of drug-likeness (QED) is 0.806. The first-order valence-corrected chi connectivity index (χ1v) is 7.74. The lowest BCUT2D eigenvalue weighted by Gasteiger charge is -2.37. The van der Waals surface area contributed by atoms with Crippen LogP contribution in [0.1, 0.15) is 25.0 Å². The van der Waals surface area contributed by atoms with Gasteiger partial charge >= 0.3 is 6.09 Å². The van der Waals surface area contributed by atoms with Gasteiger partial charge in [-0.1, -0.05) is 74.5 Å². The molecule has 0 saturated carbocycles. The summed E-state index contributed by atoms with van der Waals surface area (Å²) in [7, 11) is 0. The molecule has 112 valence electrons. The molecule has 2 aliphatic heterocycles. The maximum Gasteiger partial charge on any atom is 0.411 e. The largest absolute Gasteiger partial charge is 0.430 e. The summed E-state index contributed by atoms with van der Waals surface area (Å²) in [6.45, 7) is 5.10. The summed E-state index contributed by atoms with van der Waals surface area (Å²) in [5.74, 6) is 0.305. The first-order chi connectivity index (χ1) is 10.6. The van der Waals surface area contributed by atoms with Crippen LogP contribution in [0.3, 0.4) is 0 Å². The van der Waals surface area contributed by atoms with E-state index in [-0.39, 0.29) is 11.6 Å². The molecule has 0 radical (unpaired) electrons. The fourth-order valence-electron chi connectivity index (χ4n) is 4.04. The van der Waals surface area contributed by atoms with E-state index in [2.05, 4.69) is 38.1 Å². The third-order valence-electron chi connectivity index (χ3n) is 5.16. The molecule has 2 heterocycles. The van der Waals surface area contributed by atoms with Crippen molar-refractivity contribution < 1.29 is 9.53 Å². The van der Waals surface area contributed by atoms with Crippen LogP contribution >= 0.6 is 0 Å². The van der Waals surface area contributed by atoms with Crippen molar-refractivity contribution in [2.45, 2.75) is 25.0 Å². The molecule has 0 N–H and O–H groups in total. The maximum atomic E-state index is 12.4. The van der Waals surface area contributed by atoms with Crippen molar-refractivity contribution >= 4 is 6.09 Å². The molecule has 2 aliphatic rings. The summed E-state index contributed by atoms with van der Waals surface area (Å²) in [5, 5.41) is 0. The first-order valence-electron chi connectivity index (χ1n) is 7.74. The van der Waals surface area contributed by atoms with E-state index in [1.165, 1.54) is 0 Å². The van der Waals surface area contributed by atoms with Crippen molar-refractivity contribution in [3.05, 3.63) is 71.8 Å². The minimum atomic E-state index is -0.721. The molecular weight excluding hydrogens is 274 g/mol. The molecule has 22 heavy (non-hydrogen) atoms. The Balaban J connectivity index is 2.01. The molecule has 0 aromatic heterocycles. The Bertz CT molecular complexity index is 671. The predicted molar refractivity (Wildman–Crippen MR) is 84.4 cm³/mol. The van der Waals surface area contributed by atoms with Gasteiger partial charge in [0.25, 0.3) is 0 Å². The van der Waals surface area contributed by atoms with E-state index >= 15 is 0 Å². The number of rotatable bonds is 3. The SMILES string of the molecule is CC(C)C12CN1C(=O)OC2(c1ccccc1)c1ccccc1. The van der Waals surface area contributed by atoms with Crippen molar-refractivity contribution in [1.29, 1.82) is 0 Å². The van der Waals surface area contributed by atoms with E-state index in [1.807, 2.05) is 41.3 Å². The van der Waals surface area contributed by atoms with Crippen molar-refractivity contribution in [2.75, 3.05) is 6.54 Å². The van der Waals surface area contributed by atoms with Gasteiger partial charge in [-0.05, 0) is 5.92 Å². The zero-order valence-corrected chi connectivity index (χ0v) is 12.8. The Morgan fingerprint density at radius 3 is 1.86 bits per heavy atom. The van der Waals surface area contributed by atoms with E-state index in [9.17, 15) is 4.79 Å². The molecule has 3 heteroatoms.